The molecule has 0 aliphatic carbocycles. The predicted molar refractivity (Wildman–Crippen MR) is 169 cm³/mol. The molecule has 41 heavy (non-hydrogen) atoms. The summed E-state index contributed by atoms with van der Waals surface area (Å²) in [6.07, 6.45) is 26.2. The van der Waals surface area contributed by atoms with Crippen molar-refractivity contribution in [2.24, 2.45) is 5.92 Å². The van der Waals surface area contributed by atoms with Gasteiger partial charge in [0.15, 0.2) is 12.4 Å². The van der Waals surface area contributed by atoms with Gasteiger partial charge in [-0.25, -0.2) is 4.57 Å². The molecule has 0 aromatic carbocycles. The second kappa shape index (κ2) is 25.5. The van der Waals surface area contributed by atoms with Gasteiger partial charge < -0.3 is 23.6 Å². The van der Waals surface area contributed by atoms with Gasteiger partial charge in [0.25, 0.3) is 7.82 Å². The van der Waals surface area contributed by atoms with Gasteiger partial charge in [-0.1, -0.05) is 104 Å². The molecule has 240 valence electrons. The van der Waals surface area contributed by atoms with Crippen LogP contribution >= 0.6 is 7.82 Å². The van der Waals surface area contributed by atoms with Crippen LogP contribution in [0.15, 0.2) is 24.5 Å². The number of ether oxygens (including phenoxy) is 1. The highest BCUT2D eigenvalue weighted by Crippen LogP contribution is 2.39. The quantitative estimate of drug-likeness (QED) is 0.0525. The minimum absolute atomic E-state index is 0.0686. The van der Waals surface area contributed by atoms with Crippen molar-refractivity contribution >= 4 is 13.5 Å². The van der Waals surface area contributed by atoms with Crippen molar-refractivity contribution in [1.82, 2.24) is 0 Å². The van der Waals surface area contributed by atoms with Crippen molar-refractivity contribution in [2.45, 2.75) is 136 Å². The van der Waals surface area contributed by atoms with E-state index in [0.29, 0.717) is 13.0 Å². The van der Waals surface area contributed by atoms with E-state index in [2.05, 4.69) is 35.4 Å². The molecule has 0 fully saturated rings. The second-order valence-corrected chi connectivity index (χ2v) is 13.2. The average Bonchev–Trinajstić information content (AvgIpc) is 2.95. The normalized spacial score (nSPS) is 13.8. The predicted octanol–water partition coefficient (Wildman–Crippen LogP) is 8.24. The third kappa shape index (κ3) is 22.3. The molecule has 0 radical (unpaired) electrons. The molecule has 0 aliphatic heterocycles. The molecule has 0 spiro atoms. The van der Waals surface area contributed by atoms with Crippen LogP contribution in [0, 0.1) is 5.92 Å². The lowest BCUT2D eigenvalue weighted by molar-refractivity contribution is -0.697. The first-order chi connectivity index (χ1) is 19.9. The fraction of sp³-hybridized carbons (Fsp3) is 0.848. The number of phosphoric ester groups is 1. The van der Waals surface area contributed by atoms with Crippen LogP contribution in [-0.2, 0) is 24.9 Å². The minimum Gasteiger partial charge on any atom is -0.756 e. The van der Waals surface area contributed by atoms with E-state index in [1.165, 1.54) is 83.5 Å². The van der Waals surface area contributed by atoms with Crippen LogP contribution in [0.25, 0.3) is 0 Å². The molecule has 0 N–H and O–H groups in total. The molecule has 1 rings (SSSR count). The maximum Gasteiger partial charge on any atom is 0.267 e. The van der Waals surface area contributed by atoms with Gasteiger partial charge in [-0.05, 0) is 19.3 Å². The van der Waals surface area contributed by atoms with Gasteiger partial charge in [0.2, 0.25) is 0 Å². The molecular weight excluding hydrogens is 535 g/mol. The molecule has 0 bridgehead atoms. The first-order valence-corrected chi connectivity index (χ1v) is 18.2. The smallest absolute Gasteiger partial charge is 0.267 e. The summed E-state index contributed by atoms with van der Waals surface area (Å²) in [5.74, 6) is 0.0686. The maximum absolute atomic E-state index is 12.2. The fourth-order valence-corrected chi connectivity index (χ4v) is 5.80. The minimum atomic E-state index is -4.29. The van der Waals surface area contributed by atoms with Crippen molar-refractivity contribution in [1.29, 1.82) is 0 Å². The zero-order valence-electron chi connectivity index (χ0n) is 27.0. The van der Waals surface area contributed by atoms with Gasteiger partial charge in [-0.2, -0.15) is 0 Å². The van der Waals surface area contributed by atoms with Gasteiger partial charge in [0.1, 0.15) is 6.54 Å². The molecule has 1 aromatic heterocycles. The number of hydrogen-bond acceptors (Lipinski definition) is 6. The van der Waals surface area contributed by atoms with Crippen molar-refractivity contribution < 1.29 is 27.8 Å². The number of pyridine rings is 1. The van der Waals surface area contributed by atoms with Crippen LogP contribution in [0.3, 0.4) is 0 Å². The molecule has 8 heteroatoms. The third-order valence-corrected chi connectivity index (χ3v) is 8.58. The van der Waals surface area contributed by atoms with Crippen molar-refractivity contribution in [3.05, 3.63) is 24.5 Å². The van der Waals surface area contributed by atoms with Gasteiger partial charge in [0, 0.05) is 50.9 Å². The summed E-state index contributed by atoms with van der Waals surface area (Å²) >= 11 is 0. The van der Waals surface area contributed by atoms with E-state index in [1.54, 1.807) is 0 Å². The number of aryl methyl sites for hydroxylation is 1. The van der Waals surface area contributed by atoms with E-state index in [-0.39, 0.29) is 19.1 Å². The highest BCUT2D eigenvalue weighted by atomic mass is 31.2. The van der Waals surface area contributed by atoms with Gasteiger partial charge >= 0.3 is 0 Å². The molecule has 1 heterocycles. The highest BCUT2D eigenvalue weighted by Gasteiger charge is 2.15. The van der Waals surface area contributed by atoms with Crippen molar-refractivity contribution in [3.8, 4) is 0 Å². The van der Waals surface area contributed by atoms with Gasteiger partial charge in [0.05, 0.1) is 19.8 Å². The van der Waals surface area contributed by atoms with Crippen LogP contribution in [0.2, 0.25) is 0 Å². The number of phosphoric acid groups is 1. The molecule has 7 nitrogen and oxygen atoms in total. The standard InChI is InChI=1S/C33H63N2O5P/c1-5-7-8-9-10-11-12-13-14-15-16-17-18-20-28-38-30-32(22-6-2)31-40-41(36,37)39-29-21-19-25-35-26-23-33(24-27-35)34(3)4/h23-24,26-27,32H,5-22,25,28-31H2,1-4H3. The number of hydrogen-bond donors (Lipinski definition) is 0. The first-order valence-electron chi connectivity index (χ1n) is 16.7. The summed E-state index contributed by atoms with van der Waals surface area (Å²) in [6, 6.07) is 4.12. The molecular formula is C33H63N2O5P. The zero-order chi connectivity index (χ0) is 30.0. The van der Waals surface area contributed by atoms with E-state index in [1.807, 2.05) is 26.5 Å². The molecule has 0 saturated carbocycles. The Labute approximate surface area is 253 Å². The Morgan fingerprint density at radius 2 is 1.27 bits per heavy atom. The summed E-state index contributed by atoms with van der Waals surface area (Å²) in [5, 5.41) is 0. The van der Waals surface area contributed by atoms with Crippen LogP contribution in [0.1, 0.15) is 129 Å². The molecule has 1 aromatic rings. The summed E-state index contributed by atoms with van der Waals surface area (Å²) in [4.78, 5) is 14.3. The first kappa shape index (κ1) is 38.0. The SMILES string of the molecule is CCCCCCCCCCCCCCCCOCC(CCC)COP(=O)([O-])OCCCC[n+]1ccc(N(C)C)cc1. The number of rotatable bonds is 29. The lowest BCUT2D eigenvalue weighted by Crippen LogP contribution is -2.33. The Kier molecular flexibility index (Phi) is 23.7. The van der Waals surface area contributed by atoms with Gasteiger partial charge in [-0.15, -0.1) is 0 Å². The third-order valence-electron chi connectivity index (χ3n) is 7.61. The summed E-state index contributed by atoms with van der Waals surface area (Å²) in [5.41, 5.74) is 1.15. The molecule has 0 amide bonds. The molecule has 0 aliphatic rings. The number of anilines is 1. The highest BCUT2D eigenvalue weighted by molar-refractivity contribution is 7.45. The Balaban J connectivity index is 2.02. The van der Waals surface area contributed by atoms with Crippen LogP contribution in [0.4, 0.5) is 5.69 Å². The Hall–Kier alpha value is -0.980. The lowest BCUT2D eigenvalue weighted by Gasteiger charge is -2.25. The topological polar surface area (TPSA) is 74.9 Å². The van der Waals surface area contributed by atoms with Crippen LogP contribution < -0.4 is 14.4 Å². The largest absolute Gasteiger partial charge is 0.756 e. The van der Waals surface area contributed by atoms with Gasteiger partial charge in [-0.3, -0.25) is 4.57 Å². The number of nitrogens with zero attached hydrogens (tertiary/aromatic N) is 2. The zero-order valence-corrected chi connectivity index (χ0v) is 27.9. The van der Waals surface area contributed by atoms with E-state index in [9.17, 15) is 9.46 Å². The monoisotopic (exact) mass is 598 g/mol. The van der Waals surface area contributed by atoms with E-state index < -0.39 is 7.82 Å². The van der Waals surface area contributed by atoms with E-state index in [0.717, 1.165) is 44.5 Å². The summed E-state index contributed by atoms with van der Waals surface area (Å²) in [6.45, 7) is 6.73. The molecule has 0 saturated heterocycles. The second-order valence-electron chi connectivity index (χ2n) is 11.8. The molecule has 2 unspecified atom stereocenters. The Morgan fingerprint density at radius 3 is 1.80 bits per heavy atom. The van der Waals surface area contributed by atoms with E-state index in [4.69, 9.17) is 13.8 Å². The fourth-order valence-electron chi connectivity index (χ4n) is 4.98. The number of aromatic nitrogens is 1. The maximum atomic E-state index is 12.2. The molecule has 2 atom stereocenters. The Bertz CT molecular complexity index is 762. The van der Waals surface area contributed by atoms with Crippen molar-refractivity contribution in [3.63, 3.8) is 0 Å². The van der Waals surface area contributed by atoms with E-state index >= 15 is 0 Å². The summed E-state index contributed by atoms with van der Waals surface area (Å²) < 4.78 is 30.5. The average molecular weight is 599 g/mol. The number of unbranched alkanes of at least 4 members (excludes halogenated alkanes) is 14. The Morgan fingerprint density at radius 1 is 0.732 bits per heavy atom. The van der Waals surface area contributed by atoms with Crippen molar-refractivity contribution in [2.75, 3.05) is 45.4 Å². The van der Waals surface area contributed by atoms with Crippen LogP contribution in [-0.4, -0.2) is 40.5 Å². The van der Waals surface area contributed by atoms with Crippen LogP contribution in [0.5, 0.6) is 0 Å². The lowest BCUT2D eigenvalue weighted by atomic mass is 10.0. The summed E-state index contributed by atoms with van der Waals surface area (Å²) in [7, 11) is -0.267.